The summed E-state index contributed by atoms with van der Waals surface area (Å²) in [6, 6.07) is 5.40. The number of rotatable bonds is 6. The van der Waals surface area contributed by atoms with E-state index in [1.165, 1.54) is 4.68 Å². The topological polar surface area (TPSA) is 90.3 Å². The maximum Gasteiger partial charge on any atom is 0.270 e. The van der Waals surface area contributed by atoms with Crippen molar-refractivity contribution in [2.45, 2.75) is 69.9 Å². The molecule has 1 aliphatic carbocycles. The Hall–Kier alpha value is -2.03. The van der Waals surface area contributed by atoms with Crippen LogP contribution in [-0.4, -0.2) is 37.5 Å². The van der Waals surface area contributed by atoms with Crippen LogP contribution in [0.5, 0.6) is 0 Å². The van der Waals surface area contributed by atoms with Gasteiger partial charge in [-0.25, -0.2) is 17.8 Å². The Morgan fingerprint density at radius 1 is 1.20 bits per heavy atom. The number of hydrogen-bond donors (Lipinski definition) is 1. The summed E-state index contributed by atoms with van der Waals surface area (Å²) in [6.45, 7) is 5.14. The van der Waals surface area contributed by atoms with Gasteiger partial charge >= 0.3 is 0 Å². The van der Waals surface area contributed by atoms with E-state index in [0.717, 1.165) is 60.9 Å². The van der Waals surface area contributed by atoms with E-state index >= 15 is 0 Å². The zero-order valence-electron chi connectivity index (χ0n) is 17.6. The molecular weight excluding hydrogens is 402 g/mol. The second kappa shape index (κ2) is 8.61. The Bertz CT molecular complexity index is 1100. The van der Waals surface area contributed by atoms with Crippen LogP contribution in [0.15, 0.2) is 27.9 Å². The maximum atomic E-state index is 13.0. The van der Waals surface area contributed by atoms with Gasteiger partial charge in [0, 0.05) is 30.8 Å². The molecule has 1 saturated heterocycles. The largest absolute Gasteiger partial charge is 0.377 e. The normalized spacial score (nSPS) is 19.1. The second-order valence-electron chi connectivity index (χ2n) is 8.10. The molecule has 1 aliphatic heterocycles. The van der Waals surface area contributed by atoms with Crippen LogP contribution in [0.4, 0.5) is 0 Å². The average Bonchev–Trinajstić information content (AvgIpc) is 3.27. The fraction of sp³-hybridized carbons (Fsp3) is 0.545. The first kappa shape index (κ1) is 21.2. The summed E-state index contributed by atoms with van der Waals surface area (Å²) in [7, 11) is -3.68. The quantitative estimate of drug-likeness (QED) is 0.759. The number of aromatic nitrogens is 2. The lowest BCUT2D eigenvalue weighted by Gasteiger charge is -2.20. The first-order valence-corrected chi connectivity index (χ1v) is 12.2. The molecule has 30 heavy (non-hydrogen) atoms. The molecular formula is C22H29N3O4S. The van der Waals surface area contributed by atoms with E-state index < -0.39 is 10.0 Å². The van der Waals surface area contributed by atoms with E-state index in [9.17, 15) is 13.2 Å². The molecule has 1 aromatic heterocycles. The number of nitrogens with zero attached hydrogens (tertiary/aromatic N) is 2. The fourth-order valence-electron chi connectivity index (χ4n) is 4.35. The summed E-state index contributed by atoms with van der Waals surface area (Å²) < 4.78 is 35.8. The van der Waals surface area contributed by atoms with Crippen molar-refractivity contribution in [3.8, 4) is 11.3 Å². The third-order valence-electron chi connectivity index (χ3n) is 6.04. The van der Waals surface area contributed by atoms with Crippen molar-refractivity contribution in [3.63, 3.8) is 0 Å². The number of benzene rings is 1. The monoisotopic (exact) mass is 431 g/mol. The molecule has 7 nitrogen and oxygen atoms in total. The first-order valence-electron chi connectivity index (χ1n) is 10.8. The van der Waals surface area contributed by atoms with Gasteiger partial charge in [0.2, 0.25) is 10.0 Å². The van der Waals surface area contributed by atoms with Crippen molar-refractivity contribution in [2.75, 3.05) is 13.2 Å². The fourth-order valence-corrected chi connectivity index (χ4v) is 5.69. The molecule has 8 heteroatoms. The van der Waals surface area contributed by atoms with E-state index in [1.54, 1.807) is 13.0 Å². The number of fused-ring (bicyclic) bond motifs is 1. The van der Waals surface area contributed by atoms with Gasteiger partial charge in [0.1, 0.15) is 0 Å². The highest BCUT2D eigenvalue weighted by atomic mass is 32.2. The highest BCUT2D eigenvalue weighted by Crippen LogP contribution is 2.30. The van der Waals surface area contributed by atoms with E-state index in [1.807, 2.05) is 19.1 Å². The highest BCUT2D eigenvalue weighted by Gasteiger charge is 2.25. The van der Waals surface area contributed by atoms with Crippen molar-refractivity contribution >= 4 is 10.0 Å². The Kier molecular flexibility index (Phi) is 6.09. The summed E-state index contributed by atoms with van der Waals surface area (Å²) >= 11 is 0. The van der Waals surface area contributed by atoms with Gasteiger partial charge in [-0.3, -0.25) is 4.79 Å². The molecule has 1 atom stereocenters. The van der Waals surface area contributed by atoms with Crippen LogP contribution in [0.3, 0.4) is 0 Å². The van der Waals surface area contributed by atoms with E-state index in [2.05, 4.69) is 9.82 Å². The van der Waals surface area contributed by atoms with Gasteiger partial charge in [-0.05, 0) is 69.6 Å². The van der Waals surface area contributed by atoms with Crippen LogP contribution in [0.2, 0.25) is 0 Å². The van der Waals surface area contributed by atoms with Crippen molar-refractivity contribution < 1.29 is 13.2 Å². The molecule has 4 rings (SSSR count). The minimum atomic E-state index is -3.68. The van der Waals surface area contributed by atoms with Gasteiger partial charge < -0.3 is 4.74 Å². The zero-order chi connectivity index (χ0) is 21.3. The molecule has 0 bridgehead atoms. The third kappa shape index (κ3) is 4.08. The lowest BCUT2D eigenvalue weighted by Crippen LogP contribution is -2.32. The highest BCUT2D eigenvalue weighted by molar-refractivity contribution is 7.89. The Morgan fingerprint density at radius 3 is 2.67 bits per heavy atom. The van der Waals surface area contributed by atoms with Gasteiger partial charge in [-0.2, -0.15) is 5.10 Å². The summed E-state index contributed by atoms with van der Waals surface area (Å²) in [6.07, 6.45) is 5.33. The Labute approximate surface area is 177 Å². The van der Waals surface area contributed by atoms with Gasteiger partial charge in [-0.15, -0.1) is 0 Å². The third-order valence-corrected chi connectivity index (χ3v) is 7.61. The molecule has 2 aliphatic rings. The second-order valence-corrected chi connectivity index (χ2v) is 9.84. The summed E-state index contributed by atoms with van der Waals surface area (Å²) in [4.78, 5) is 13.0. The van der Waals surface area contributed by atoms with Crippen LogP contribution >= 0.6 is 0 Å². The number of sulfonamides is 1. The summed E-state index contributed by atoms with van der Waals surface area (Å²) in [5.74, 6) is 0. The molecule has 1 N–H and O–H groups in total. The molecule has 0 amide bonds. The number of aryl methyl sites for hydroxylation is 2. The van der Waals surface area contributed by atoms with Gasteiger partial charge in [0.15, 0.2) is 0 Å². The predicted octanol–water partition coefficient (Wildman–Crippen LogP) is 2.57. The van der Waals surface area contributed by atoms with Crippen molar-refractivity contribution in [1.29, 1.82) is 0 Å². The molecule has 2 heterocycles. The molecule has 0 saturated carbocycles. The van der Waals surface area contributed by atoms with E-state index in [-0.39, 0.29) is 23.1 Å². The Morgan fingerprint density at radius 2 is 1.97 bits per heavy atom. The van der Waals surface area contributed by atoms with Crippen LogP contribution < -0.4 is 10.3 Å². The average molecular weight is 432 g/mol. The van der Waals surface area contributed by atoms with Gasteiger partial charge in [-0.1, -0.05) is 12.1 Å². The van der Waals surface area contributed by atoms with Crippen LogP contribution in [-0.2, 0) is 34.1 Å². The van der Waals surface area contributed by atoms with E-state index in [0.29, 0.717) is 18.7 Å². The smallest absolute Gasteiger partial charge is 0.270 e. The molecule has 1 aromatic carbocycles. The molecule has 1 fully saturated rings. The van der Waals surface area contributed by atoms with Crippen LogP contribution in [0.1, 0.15) is 49.3 Å². The van der Waals surface area contributed by atoms with Crippen molar-refractivity contribution in [2.24, 2.45) is 0 Å². The maximum absolute atomic E-state index is 13.0. The predicted molar refractivity (Wildman–Crippen MR) is 115 cm³/mol. The zero-order valence-corrected chi connectivity index (χ0v) is 18.4. The van der Waals surface area contributed by atoms with Gasteiger partial charge in [0.25, 0.3) is 5.56 Å². The lowest BCUT2D eigenvalue weighted by atomic mass is 9.89. The number of nitrogens with one attached hydrogen (secondary N) is 1. The molecule has 0 radical (unpaired) electrons. The Balaban J connectivity index is 1.74. The minimum Gasteiger partial charge on any atom is -0.377 e. The first-order chi connectivity index (χ1) is 14.4. The minimum absolute atomic E-state index is 0.0193. The van der Waals surface area contributed by atoms with Crippen LogP contribution in [0, 0.1) is 6.92 Å². The van der Waals surface area contributed by atoms with Crippen molar-refractivity contribution in [1.82, 2.24) is 14.5 Å². The van der Waals surface area contributed by atoms with Crippen molar-refractivity contribution in [3.05, 3.63) is 45.2 Å². The standard InChI is InChI=1S/C22H29N3O4S/c1-3-25-22(26)19-9-5-4-8-18(19)21(24-25)16-11-10-15(2)20(13-16)30(27,28)23-14-17-7-6-12-29-17/h10-11,13,17,23H,3-9,12,14H2,1-2H3/t17-/m0/s1. The van der Waals surface area contributed by atoms with Crippen LogP contribution in [0.25, 0.3) is 11.3 Å². The molecule has 0 unspecified atom stereocenters. The van der Waals surface area contributed by atoms with Gasteiger partial charge in [0.05, 0.1) is 16.7 Å². The molecule has 0 spiro atoms. The molecule has 162 valence electrons. The number of hydrogen-bond acceptors (Lipinski definition) is 5. The SMILES string of the molecule is CCn1nc(-c2ccc(C)c(S(=O)(=O)NC[C@@H]3CCCO3)c2)c2c(c1=O)CCCC2. The molecule has 2 aromatic rings. The van der Waals surface area contributed by atoms with E-state index in [4.69, 9.17) is 4.74 Å². The summed E-state index contributed by atoms with van der Waals surface area (Å²) in [5.41, 5.74) is 3.91. The summed E-state index contributed by atoms with van der Waals surface area (Å²) in [5, 5.41) is 4.61. The lowest BCUT2D eigenvalue weighted by molar-refractivity contribution is 0.114. The number of ether oxygens (including phenoxy) is 1.